The molecular weight excluding hydrogens is 383 g/mol. The van der Waals surface area contributed by atoms with Crippen LogP contribution in [0.3, 0.4) is 0 Å². The first-order valence-corrected chi connectivity index (χ1v) is 8.46. The van der Waals surface area contributed by atoms with E-state index in [1.54, 1.807) is 0 Å². The summed E-state index contributed by atoms with van der Waals surface area (Å²) in [4.78, 5) is 12.2. The second-order valence-corrected chi connectivity index (χ2v) is 6.28. The molecule has 0 aliphatic carbocycles. The number of hydrogen-bond donors (Lipinski definition) is 3. The van der Waals surface area contributed by atoms with Crippen molar-refractivity contribution in [1.29, 1.82) is 0 Å². The average Bonchev–Trinajstić information content (AvgIpc) is 2.96. The number of hydrogen-bond acceptors (Lipinski definition) is 9. The topological polar surface area (TPSA) is 133 Å². The Morgan fingerprint density at radius 1 is 1.15 bits per heavy atom. The van der Waals surface area contributed by atoms with E-state index in [4.69, 9.17) is 11.6 Å². The van der Waals surface area contributed by atoms with Gasteiger partial charge in [0.25, 0.3) is 5.82 Å². The van der Waals surface area contributed by atoms with E-state index in [0.29, 0.717) is 4.68 Å². The highest BCUT2D eigenvalue weighted by Crippen LogP contribution is 2.29. The van der Waals surface area contributed by atoms with E-state index in [0.717, 1.165) is 23.0 Å². The third-order valence-electron chi connectivity index (χ3n) is 3.34. The first-order valence-electron chi connectivity index (χ1n) is 7.47. The van der Waals surface area contributed by atoms with Gasteiger partial charge in [-0.15, -0.1) is 10.2 Å². The van der Waals surface area contributed by atoms with Crippen LogP contribution in [0.4, 0.5) is 30.8 Å². The maximum atomic E-state index is 12.7. The summed E-state index contributed by atoms with van der Waals surface area (Å²) < 4.78 is 38.5. The highest BCUT2D eigenvalue weighted by molar-refractivity contribution is 7.98. The fraction of sp³-hybridized carbons (Fsp3) is 0.214. The molecule has 9 nitrogen and oxygen atoms in total. The third-order valence-corrected chi connectivity index (χ3v) is 4.28. The Labute approximate surface area is 155 Å². The van der Waals surface area contributed by atoms with Crippen LogP contribution in [0.5, 0.6) is 0 Å². The molecule has 0 radical (unpaired) electrons. The van der Waals surface area contributed by atoms with Gasteiger partial charge in [-0.2, -0.15) is 28.1 Å². The summed E-state index contributed by atoms with van der Waals surface area (Å²) in [7, 11) is 0. The summed E-state index contributed by atoms with van der Waals surface area (Å²) in [6.45, 7) is 1.91. The molecule has 13 heteroatoms. The molecule has 0 saturated heterocycles. The van der Waals surface area contributed by atoms with Crippen LogP contribution < -0.4 is 16.9 Å². The minimum absolute atomic E-state index is 0.0260. The molecule has 0 spiro atoms. The van der Waals surface area contributed by atoms with Gasteiger partial charge in [0.1, 0.15) is 5.82 Å². The van der Waals surface area contributed by atoms with E-state index < -0.39 is 12.0 Å². The van der Waals surface area contributed by atoms with Crippen LogP contribution >= 0.6 is 11.8 Å². The van der Waals surface area contributed by atoms with Gasteiger partial charge >= 0.3 is 6.18 Å². The van der Waals surface area contributed by atoms with Crippen molar-refractivity contribution in [3.63, 3.8) is 0 Å². The maximum absolute atomic E-state index is 12.7. The van der Waals surface area contributed by atoms with Gasteiger partial charge in [0.2, 0.25) is 17.1 Å². The van der Waals surface area contributed by atoms with Gasteiger partial charge in [0, 0.05) is 5.69 Å². The first kappa shape index (κ1) is 18.7. The van der Waals surface area contributed by atoms with Crippen LogP contribution in [0, 0.1) is 6.92 Å². The van der Waals surface area contributed by atoms with Crippen LogP contribution in [0.25, 0.3) is 0 Å². The SMILES string of the molecule is Cc1ccccc1Nc1nc(N)nc(CSc2nnc(C(F)(F)F)n2N)n1. The molecule has 0 atom stereocenters. The number of benzene rings is 1. The Bertz CT molecular complexity index is 957. The lowest BCUT2D eigenvalue weighted by Gasteiger charge is -2.09. The van der Waals surface area contributed by atoms with Crippen molar-refractivity contribution in [1.82, 2.24) is 29.8 Å². The number of nitrogen functional groups attached to an aromatic ring is 2. The molecule has 2 aromatic heterocycles. The lowest BCUT2D eigenvalue weighted by molar-refractivity contribution is -0.146. The van der Waals surface area contributed by atoms with Crippen molar-refractivity contribution in [3.05, 3.63) is 41.5 Å². The summed E-state index contributed by atoms with van der Waals surface area (Å²) in [6.07, 6.45) is -4.69. The van der Waals surface area contributed by atoms with Crippen molar-refractivity contribution >= 4 is 29.3 Å². The van der Waals surface area contributed by atoms with Gasteiger partial charge in [-0.3, -0.25) is 0 Å². The Morgan fingerprint density at radius 2 is 1.89 bits per heavy atom. The molecule has 3 aromatic rings. The van der Waals surface area contributed by atoms with Crippen LogP contribution in [0.1, 0.15) is 17.2 Å². The Morgan fingerprint density at radius 3 is 2.56 bits per heavy atom. The Hall–Kier alpha value is -3.09. The molecule has 0 saturated carbocycles. The number of alkyl halides is 3. The second kappa shape index (κ2) is 7.26. The molecule has 5 N–H and O–H groups in total. The second-order valence-electron chi connectivity index (χ2n) is 5.34. The van der Waals surface area contributed by atoms with Crippen LogP contribution in [0.15, 0.2) is 29.4 Å². The molecule has 0 bridgehead atoms. The lowest BCUT2D eigenvalue weighted by Crippen LogP contribution is -2.21. The minimum atomic E-state index is -4.69. The van der Waals surface area contributed by atoms with Gasteiger partial charge < -0.3 is 16.9 Å². The predicted molar refractivity (Wildman–Crippen MR) is 93.4 cm³/mol. The molecule has 3 rings (SSSR count). The minimum Gasteiger partial charge on any atom is -0.368 e. The summed E-state index contributed by atoms with van der Waals surface area (Å²) in [5, 5.41) is 9.39. The normalized spacial score (nSPS) is 11.6. The lowest BCUT2D eigenvalue weighted by atomic mass is 10.2. The van der Waals surface area contributed by atoms with Crippen molar-refractivity contribution in [2.75, 3.05) is 16.9 Å². The fourth-order valence-electron chi connectivity index (χ4n) is 2.09. The predicted octanol–water partition coefficient (Wildman–Crippen LogP) is 2.12. The number of rotatable bonds is 5. The Balaban J connectivity index is 1.76. The number of nitrogens with zero attached hydrogens (tertiary/aromatic N) is 6. The highest BCUT2D eigenvalue weighted by atomic mass is 32.2. The summed E-state index contributed by atoms with van der Waals surface area (Å²) >= 11 is 0.892. The standard InChI is InChI=1S/C14H14F3N9S/c1-7-4-2-3-5-8(7)20-12-22-9(21-11(18)23-12)6-27-13-25-24-10(26(13)19)14(15,16)17/h2-5H,6,19H2,1H3,(H3,18,20,21,22,23). The van der Waals surface area contributed by atoms with E-state index >= 15 is 0 Å². The molecule has 0 aliphatic rings. The first-order chi connectivity index (χ1) is 12.7. The van der Waals surface area contributed by atoms with Crippen molar-refractivity contribution in [2.24, 2.45) is 0 Å². The van der Waals surface area contributed by atoms with E-state index in [9.17, 15) is 13.2 Å². The number of nitrogens with two attached hydrogens (primary N) is 2. The monoisotopic (exact) mass is 397 g/mol. The Kier molecular flexibility index (Phi) is 5.03. The fourth-order valence-corrected chi connectivity index (χ4v) is 2.80. The number of thioether (sulfide) groups is 1. The van der Waals surface area contributed by atoms with Gasteiger partial charge in [-0.25, -0.2) is 4.68 Å². The summed E-state index contributed by atoms with van der Waals surface area (Å²) in [6, 6.07) is 7.50. The number of para-hydroxylation sites is 1. The zero-order valence-corrected chi connectivity index (χ0v) is 14.7. The van der Waals surface area contributed by atoms with E-state index in [2.05, 4.69) is 30.5 Å². The number of nitrogens with one attached hydrogen (secondary N) is 1. The molecule has 0 amide bonds. The number of anilines is 3. The van der Waals surface area contributed by atoms with Crippen molar-refractivity contribution < 1.29 is 13.2 Å². The average molecular weight is 397 g/mol. The molecule has 0 unspecified atom stereocenters. The van der Waals surface area contributed by atoms with Crippen molar-refractivity contribution in [3.8, 4) is 0 Å². The third kappa shape index (κ3) is 4.36. The van der Waals surface area contributed by atoms with Gasteiger partial charge in [0.15, 0.2) is 0 Å². The quantitative estimate of drug-likeness (QED) is 0.437. The molecule has 0 fully saturated rings. The zero-order valence-electron chi connectivity index (χ0n) is 13.9. The number of aryl methyl sites for hydroxylation is 1. The molecule has 0 aliphatic heterocycles. The smallest absolute Gasteiger partial charge is 0.368 e. The van der Waals surface area contributed by atoms with Gasteiger partial charge in [-0.05, 0) is 18.6 Å². The maximum Gasteiger partial charge on any atom is 0.453 e. The van der Waals surface area contributed by atoms with Crippen LogP contribution in [-0.4, -0.2) is 29.8 Å². The molecule has 142 valence electrons. The molecule has 27 heavy (non-hydrogen) atoms. The molecule has 2 heterocycles. The molecule has 1 aromatic carbocycles. The van der Waals surface area contributed by atoms with Gasteiger partial charge in [-0.1, -0.05) is 30.0 Å². The van der Waals surface area contributed by atoms with Crippen LogP contribution in [-0.2, 0) is 11.9 Å². The zero-order chi connectivity index (χ0) is 19.6. The number of halogens is 3. The summed E-state index contributed by atoms with van der Waals surface area (Å²) in [5.41, 5.74) is 7.46. The summed E-state index contributed by atoms with van der Waals surface area (Å²) in [5.74, 6) is 4.62. The molecular formula is C14H14F3N9S. The highest BCUT2D eigenvalue weighted by Gasteiger charge is 2.38. The van der Waals surface area contributed by atoms with Crippen LogP contribution in [0.2, 0.25) is 0 Å². The van der Waals surface area contributed by atoms with E-state index in [-0.39, 0.29) is 28.6 Å². The number of aromatic nitrogens is 6. The van der Waals surface area contributed by atoms with Crippen molar-refractivity contribution in [2.45, 2.75) is 24.0 Å². The van der Waals surface area contributed by atoms with Gasteiger partial charge in [0.05, 0.1) is 5.75 Å². The van der Waals surface area contributed by atoms with E-state index in [1.807, 2.05) is 31.2 Å². The van der Waals surface area contributed by atoms with E-state index in [1.165, 1.54) is 0 Å². The largest absolute Gasteiger partial charge is 0.453 e.